The van der Waals surface area contributed by atoms with Crippen LogP contribution < -0.4 is 11.1 Å². The number of piperidine rings is 1. The highest BCUT2D eigenvalue weighted by atomic mass is 15.1. The highest BCUT2D eigenvalue weighted by Gasteiger charge is 2.16. The molecule has 1 aliphatic rings. The summed E-state index contributed by atoms with van der Waals surface area (Å²) in [7, 11) is 2.22. The maximum Gasteiger partial charge on any atom is 0.0576 e. The number of nitrogens with two attached hydrogens (primary N) is 1. The number of aryl methyl sites for hydroxylation is 1. The summed E-state index contributed by atoms with van der Waals surface area (Å²) in [5.74, 6) is 0.835. The molecule has 1 unspecified atom stereocenters. The number of nitrogens with one attached hydrogen (secondary N) is 1. The van der Waals surface area contributed by atoms with Crippen molar-refractivity contribution in [3.05, 3.63) is 23.8 Å². The van der Waals surface area contributed by atoms with E-state index < -0.39 is 0 Å². The predicted octanol–water partition coefficient (Wildman–Crippen LogP) is 2.72. The van der Waals surface area contributed by atoms with Crippen molar-refractivity contribution < 1.29 is 0 Å². The van der Waals surface area contributed by atoms with Crippen molar-refractivity contribution in [3.63, 3.8) is 0 Å². The van der Waals surface area contributed by atoms with Crippen LogP contribution in [-0.4, -0.2) is 31.6 Å². The molecule has 18 heavy (non-hydrogen) atoms. The number of nitrogen functional groups attached to an aromatic ring is 1. The first-order valence-electron chi connectivity index (χ1n) is 6.93. The Morgan fingerprint density at radius 1 is 1.44 bits per heavy atom. The van der Waals surface area contributed by atoms with Gasteiger partial charge in [-0.2, -0.15) is 0 Å². The molecule has 0 saturated carbocycles. The Morgan fingerprint density at radius 3 is 3.06 bits per heavy atom. The number of rotatable bonds is 4. The van der Waals surface area contributed by atoms with Crippen LogP contribution in [0.2, 0.25) is 0 Å². The second-order valence-corrected chi connectivity index (χ2v) is 5.58. The number of benzene rings is 1. The molecule has 0 aromatic heterocycles. The van der Waals surface area contributed by atoms with Gasteiger partial charge < -0.3 is 16.0 Å². The van der Waals surface area contributed by atoms with Crippen molar-refractivity contribution in [2.24, 2.45) is 5.92 Å². The van der Waals surface area contributed by atoms with E-state index in [1.54, 1.807) is 0 Å². The summed E-state index contributed by atoms with van der Waals surface area (Å²) in [4.78, 5) is 2.44. The van der Waals surface area contributed by atoms with Gasteiger partial charge in [-0.3, -0.25) is 0 Å². The average Bonchev–Trinajstić information content (AvgIpc) is 2.34. The predicted molar refractivity (Wildman–Crippen MR) is 78.9 cm³/mol. The molecule has 1 fully saturated rings. The third kappa shape index (κ3) is 3.64. The van der Waals surface area contributed by atoms with Crippen LogP contribution in [0.15, 0.2) is 18.2 Å². The third-order valence-corrected chi connectivity index (χ3v) is 3.80. The normalized spacial score (nSPS) is 20.9. The SMILES string of the molecule is Cc1ccc(N)c(NCCC2CCCN(C)C2)c1. The molecule has 1 saturated heterocycles. The maximum absolute atomic E-state index is 5.96. The zero-order valence-electron chi connectivity index (χ0n) is 11.6. The van der Waals surface area contributed by atoms with E-state index in [0.29, 0.717) is 0 Å². The summed E-state index contributed by atoms with van der Waals surface area (Å²) in [6.45, 7) is 5.62. The van der Waals surface area contributed by atoms with Crippen molar-refractivity contribution in [1.82, 2.24) is 4.90 Å². The molecule has 1 aromatic carbocycles. The second-order valence-electron chi connectivity index (χ2n) is 5.58. The number of likely N-dealkylation sites (tertiary alicyclic amines) is 1. The van der Waals surface area contributed by atoms with Crippen molar-refractivity contribution in [1.29, 1.82) is 0 Å². The number of nitrogens with zero attached hydrogens (tertiary/aromatic N) is 1. The zero-order valence-corrected chi connectivity index (χ0v) is 11.6. The van der Waals surface area contributed by atoms with Crippen molar-refractivity contribution in [2.45, 2.75) is 26.2 Å². The Kier molecular flexibility index (Phi) is 4.48. The molecule has 0 spiro atoms. The summed E-state index contributed by atoms with van der Waals surface area (Å²) in [5.41, 5.74) is 9.14. The van der Waals surface area contributed by atoms with Gasteiger partial charge in [0.25, 0.3) is 0 Å². The molecule has 0 radical (unpaired) electrons. The zero-order chi connectivity index (χ0) is 13.0. The molecule has 2 rings (SSSR count). The van der Waals surface area contributed by atoms with E-state index in [1.165, 1.54) is 37.9 Å². The minimum Gasteiger partial charge on any atom is -0.397 e. The van der Waals surface area contributed by atoms with Gasteiger partial charge in [0.15, 0.2) is 0 Å². The standard InChI is InChI=1S/C15H25N3/c1-12-5-6-14(16)15(10-12)17-8-7-13-4-3-9-18(2)11-13/h5-6,10,13,17H,3-4,7-9,11,16H2,1-2H3. The Labute approximate surface area is 110 Å². The van der Waals surface area contributed by atoms with Crippen LogP contribution in [0.5, 0.6) is 0 Å². The Bertz CT molecular complexity index is 389. The molecule has 3 nitrogen and oxygen atoms in total. The molecule has 1 atom stereocenters. The highest BCUT2D eigenvalue weighted by Crippen LogP contribution is 2.22. The first-order valence-corrected chi connectivity index (χ1v) is 6.93. The van der Waals surface area contributed by atoms with E-state index in [4.69, 9.17) is 5.73 Å². The van der Waals surface area contributed by atoms with Gasteiger partial charge in [-0.15, -0.1) is 0 Å². The Hall–Kier alpha value is -1.22. The van der Waals surface area contributed by atoms with Crippen molar-refractivity contribution in [3.8, 4) is 0 Å². The van der Waals surface area contributed by atoms with Gasteiger partial charge in [-0.1, -0.05) is 6.07 Å². The summed E-state index contributed by atoms with van der Waals surface area (Å²) >= 11 is 0. The fraction of sp³-hybridized carbons (Fsp3) is 0.600. The van der Waals surface area contributed by atoms with Crippen LogP contribution in [0.1, 0.15) is 24.8 Å². The van der Waals surface area contributed by atoms with Gasteiger partial charge in [0.1, 0.15) is 0 Å². The van der Waals surface area contributed by atoms with Crippen LogP contribution >= 0.6 is 0 Å². The summed E-state index contributed by atoms with van der Waals surface area (Å²) in [6, 6.07) is 6.16. The topological polar surface area (TPSA) is 41.3 Å². The first kappa shape index (κ1) is 13.2. The lowest BCUT2D eigenvalue weighted by molar-refractivity contribution is 0.205. The fourth-order valence-electron chi connectivity index (χ4n) is 2.74. The van der Waals surface area contributed by atoms with Gasteiger partial charge in [0.05, 0.1) is 11.4 Å². The van der Waals surface area contributed by atoms with Gasteiger partial charge in [0, 0.05) is 13.1 Å². The number of hydrogen-bond donors (Lipinski definition) is 2. The lowest BCUT2D eigenvalue weighted by Crippen LogP contribution is -2.32. The molecule has 1 aliphatic heterocycles. The third-order valence-electron chi connectivity index (χ3n) is 3.80. The lowest BCUT2D eigenvalue weighted by Gasteiger charge is -2.29. The van der Waals surface area contributed by atoms with Crippen LogP contribution in [-0.2, 0) is 0 Å². The van der Waals surface area contributed by atoms with Gasteiger partial charge in [0.2, 0.25) is 0 Å². The van der Waals surface area contributed by atoms with Crippen LogP contribution in [0.4, 0.5) is 11.4 Å². The Morgan fingerprint density at radius 2 is 2.28 bits per heavy atom. The molecule has 0 aliphatic carbocycles. The molecule has 100 valence electrons. The van der Waals surface area contributed by atoms with Crippen LogP contribution in [0.25, 0.3) is 0 Å². The summed E-state index contributed by atoms with van der Waals surface area (Å²) in [5, 5.41) is 3.47. The van der Waals surface area contributed by atoms with Crippen LogP contribution in [0.3, 0.4) is 0 Å². The largest absolute Gasteiger partial charge is 0.397 e. The second kappa shape index (κ2) is 6.10. The number of hydrogen-bond acceptors (Lipinski definition) is 3. The van der Waals surface area contributed by atoms with Gasteiger partial charge in [-0.05, 0) is 63.4 Å². The fourth-order valence-corrected chi connectivity index (χ4v) is 2.74. The minimum absolute atomic E-state index is 0.835. The van der Waals surface area contributed by atoms with Crippen molar-refractivity contribution >= 4 is 11.4 Å². The van der Waals surface area contributed by atoms with E-state index in [2.05, 4.69) is 36.3 Å². The average molecular weight is 247 g/mol. The quantitative estimate of drug-likeness (QED) is 0.804. The smallest absolute Gasteiger partial charge is 0.0576 e. The lowest BCUT2D eigenvalue weighted by atomic mass is 9.95. The molecule has 3 N–H and O–H groups in total. The molecule has 3 heteroatoms. The summed E-state index contributed by atoms with van der Waals surface area (Å²) in [6.07, 6.45) is 3.95. The van der Waals surface area contributed by atoms with E-state index >= 15 is 0 Å². The summed E-state index contributed by atoms with van der Waals surface area (Å²) < 4.78 is 0. The highest BCUT2D eigenvalue weighted by molar-refractivity contribution is 5.66. The Balaban J connectivity index is 1.79. The number of anilines is 2. The van der Waals surface area contributed by atoms with E-state index in [-0.39, 0.29) is 0 Å². The molecule has 1 heterocycles. The monoisotopic (exact) mass is 247 g/mol. The van der Waals surface area contributed by atoms with E-state index in [1.807, 2.05) is 6.07 Å². The molecular formula is C15H25N3. The molecule has 0 amide bonds. The first-order chi connectivity index (χ1) is 8.65. The van der Waals surface area contributed by atoms with Gasteiger partial charge in [-0.25, -0.2) is 0 Å². The van der Waals surface area contributed by atoms with E-state index in [9.17, 15) is 0 Å². The molecule has 0 bridgehead atoms. The van der Waals surface area contributed by atoms with Crippen LogP contribution in [0, 0.1) is 12.8 Å². The minimum atomic E-state index is 0.835. The molecular weight excluding hydrogens is 222 g/mol. The maximum atomic E-state index is 5.96. The van der Waals surface area contributed by atoms with Crippen molar-refractivity contribution in [2.75, 3.05) is 37.7 Å². The van der Waals surface area contributed by atoms with Gasteiger partial charge >= 0.3 is 0 Å². The van der Waals surface area contributed by atoms with E-state index in [0.717, 1.165) is 23.8 Å². The molecule has 1 aromatic rings.